The fourth-order valence-electron chi connectivity index (χ4n) is 0.992. The molecule has 14 heavy (non-hydrogen) atoms. The zero-order valence-electron chi connectivity index (χ0n) is 7.83. The molecule has 0 saturated carbocycles. The van der Waals surface area contributed by atoms with Gasteiger partial charge in [0.15, 0.2) is 6.29 Å². The number of benzene rings is 1. The molecule has 1 aromatic carbocycles. The maximum Gasteiger partial charge on any atom is 0.154 e. The summed E-state index contributed by atoms with van der Waals surface area (Å²) in [6.45, 7) is 0.583. The highest BCUT2D eigenvalue weighted by molar-refractivity contribution is 7.99. The van der Waals surface area contributed by atoms with Crippen LogP contribution in [0.2, 0.25) is 0 Å². The molecule has 0 atom stereocenters. The van der Waals surface area contributed by atoms with E-state index in [1.807, 2.05) is 0 Å². The molecule has 0 aliphatic carbocycles. The lowest BCUT2D eigenvalue weighted by Crippen LogP contribution is -1.95. The molecule has 0 aromatic heterocycles. The molecule has 76 valence electrons. The summed E-state index contributed by atoms with van der Waals surface area (Å²) in [5, 5.41) is 0. The molecule has 0 saturated heterocycles. The Morgan fingerprint density at radius 3 is 3.00 bits per heavy atom. The van der Waals surface area contributed by atoms with E-state index < -0.39 is 5.82 Å². The number of hydrogen-bond acceptors (Lipinski definition) is 3. The van der Waals surface area contributed by atoms with Crippen LogP contribution >= 0.6 is 11.8 Å². The second-order valence-corrected chi connectivity index (χ2v) is 3.75. The number of hydrogen-bond donors (Lipinski definition) is 0. The number of rotatable bonds is 5. The largest absolute Gasteiger partial charge is 0.384 e. The van der Waals surface area contributed by atoms with E-state index in [1.165, 1.54) is 17.8 Å². The molecular weight excluding hydrogens is 203 g/mol. The van der Waals surface area contributed by atoms with Crippen LogP contribution in [0.5, 0.6) is 0 Å². The van der Waals surface area contributed by atoms with Crippen molar-refractivity contribution in [3.63, 3.8) is 0 Å². The molecule has 1 rings (SSSR count). The maximum absolute atomic E-state index is 13.1. The third kappa shape index (κ3) is 2.82. The Morgan fingerprint density at radius 1 is 1.57 bits per heavy atom. The number of aldehydes is 1. The lowest BCUT2D eigenvalue weighted by Gasteiger charge is -2.04. The van der Waals surface area contributed by atoms with Crippen molar-refractivity contribution in [2.75, 3.05) is 19.5 Å². The molecule has 0 bridgehead atoms. The number of methoxy groups -OCH3 is 1. The topological polar surface area (TPSA) is 26.3 Å². The van der Waals surface area contributed by atoms with Crippen molar-refractivity contribution in [1.82, 2.24) is 0 Å². The van der Waals surface area contributed by atoms with Gasteiger partial charge in [0.05, 0.1) is 12.2 Å². The zero-order chi connectivity index (χ0) is 10.4. The van der Waals surface area contributed by atoms with Gasteiger partial charge in [-0.15, -0.1) is 11.8 Å². The van der Waals surface area contributed by atoms with Gasteiger partial charge < -0.3 is 4.74 Å². The monoisotopic (exact) mass is 214 g/mol. The summed E-state index contributed by atoms with van der Waals surface area (Å²) in [6.07, 6.45) is 0.546. The van der Waals surface area contributed by atoms with Crippen LogP contribution in [-0.2, 0) is 4.74 Å². The molecule has 0 N–H and O–H groups in total. The summed E-state index contributed by atoms with van der Waals surface area (Å²) < 4.78 is 17.9. The van der Waals surface area contributed by atoms with Gasteiger partial charge in [-0.05, 0) is 12.1 Å². The molecule has 0 aliphatic heterocycles. The van der Waals surface area contributed by atoms with Crippen molar-refractivity contribution >= 4 is 18.0 Å². The molecule has 0 spiro atoms. The van der Waals surface area contributed by atoms with E-state index in [0.717, 1.165) is 0 Å². The minimum absolute atomic E-state index is 0.133. The average molecular weight is 214 g/mol. The second kappa shape index (κ2) is 5.78. The lowest BCUT2D eigenvalue weighted by atomic mass is 10.2. The van der Waals surface area contributed by atoms with Crippen molar-refractivity contribution in [2.24, 2.45) is 0 Å². The molecule has 0 heterocycles. The van der Waals surface area contributed by atoms with Crippen molar-refractivity contribution < 1.29 is 13.9 Å². The van der Waals surface area contributed by atoms with E-state index >= 15 is 0 Å². The van der Waals surface area contributed by atoms with Crippen molar-refractivity contribution in [2.45, 2.75) is 4.90 Å². The fourth-order valence-corrected chi connectivity index (χ4v) is 1.94. The Hall–Kier alpha value is -0.870. The molecule has 0 aliphatic rings. The van der Waals surface area contributed by atoms with E-state index in [4.69, 9.17) is 4.74 Å². The number of thioether (sulfide) groups is 1. The minimum Gasteiger partial charge on any atom is -0.384 e. The van der Waals surface area contributed by atoms with E-state index in [9.17, 15) is 9.18 Å². The standard InChI is InChI=1S/C10H11FO2S/c1-13-5-6-14-10-4-2-3-9(11)8(10)7-12/h2-4,7H,5-6H2,1H3. The first kappa shape index (κ1) is 11.2. The predicted octanol–water partition coefficient (Wildman–Crippen LogP) is 2.38. The van der Waals surface area contributed by atoms with Crippen LogP contribution in [0.25, 0.3) is 0 Å². The van der Waals surface area contributed by atoms with Gasteiger partial charge >= 0.3 is 0 Å². The Labute approximate surface area is 86.5 Å². The summed E-state index contributed by atoms with van der Waals surface area (Å²) in [7, 11) is 1.60. The van der Waals surface area contributed by atoms with Gasteiger partial charge in [-0.25, -0.2) is 4.39 Å². The van der Waals surface area contributed by atoms with Crippen LogP contribution < -0.4 is 0 Å². The molecule has 0 fully saturated rings. The summed E-state index contributed by atoms with van der Waals surface area (Å²) in [6, 6.07) is 4.61. The highest BCUT2D eigenvalue weighted by Crippen LogP contribution is 2.23. The predicted molar refractivity (Wildman–Crippen MR) is 54.4 cm³/mol. The highest BCUT2D eigenvalue weighted by atomic mass is 32.2. The first-order chi connectivity index (χ1) is 6.79. The Kier molecular flexibility index (Phi) is 4.62. The van der Waals surface area contributed by atoms with Gasteiger partial charge in [-0.2, -0.15) is 0 Å². The highest BCUT2D eigenvalue weighted by Gasteiger charge is 2.06. The number of ether oxygens (including phenoxy) is 1. The van der Waals surface area contributed by atoms with Crippen molar-refractivity contribution in [3.05, 3.63) is 29.6 Å². The minimum atomic E-state index is -0.470. The van der Waals surface area contributed by atoms with Gasteiger partial charge in [-0.1, -0.05) is 6.07 Å². The number of halogens is 1. The van der Waals surface area contributed by atoms with Gasteiger partial charge in [0.2, 0.25) is 0 Å². The smallest absolute Gasteiger partial charge is 0.154 e. The van der Waals surface area contributed by atoms with Gasteiger partial charge in [0, 0.05) is 17.8 Å². The molecule has 0 amide bonds. The third-order valence-electron chi connectivity index (χ3n) is 1.68. The molecular formula is C10H11FO2S. The summed E-state index contributed by atoms with van der Waals surface area (Å²) in [5.41, 5.74) is 0.133. The zero-order valence-corrected chi connectivity index (χ0v) is 8.64. The van der Waals surface area contributed by atoms with E-state index in [-0.39, 0.29) is 5.56 Å². The normalized spacial score (nSPS) is 10.1. The van der Waals surface area contributed by atoms with Crippen molar-refractivity contribution in [1.29, 1.82) is 0 Å². The molecule has 1 aromatic rings. The number of carbonyl (C=O) groups excluding carboxylic acids is 1. The fraction of sp³-hybridized carbons (Fsp3) is 0.300. The Balaban J connectivity index is 2.75. The SMILES string of the molecule is COCCSc1cccc(F)c1C=O. The van der Waals surface area contributed by atoms with E-state index in [2.05, 4.69) is 0 Å². The van der Waals surface area contributed by atoms with Crippen LogP contribution in [-0.4, -0.2) is 25.8 Å². The van der Waals surface area contributed by atoms with E-state index in [1.54, 1.807) is 19.2 Å². The van der Waals surface area contributed by atoms with Gasteiger partial charge in [0.25, 0.3) is 0 Å². The Morgan fingerprint density at radius 2 is 2.36 bits per heavy atom. The molecule has 2 nitrogen and oxygen atoms in total. The van der Waals surface area contributed by atoms with Crippen LogP contribution in [0.1, 0.15) is 10.4 Å². The summed E-state index contributed by atoms with van der Waals surface area (Å²) in [4.78, 5) is 11.3. The van der Waals surface area contributed by atoms with Gasteiger partial charge in [-0.3, -0.25) is 4.79 Å². The van der Waals surface area contributed by atoms with E-state index in [0.29, 0.717) is 23.5 Å². The van der Waals surface area contributed by atoms with Crippen molar-refractivity contribution in [3.8, 4) is 0 Å². The van der Waals surface area contributed by atoms with Crippen LogP contribution in [0.3, 0.4) is 0 Å². The maximum atomic E-state index is 13.1. The second-order valence-electron chi connectivity index (χ2n) is 2.61. The number of carbonyl (C=O) groups is 1. The van der Waals surface area contributed by atoms with Crippen LogP contribution in [0.4, 0.5) is 4.39 Å². The molecule has 4 heteroatoms. The third-order valence-corrected chi connectivity index (χ3v) is 2.71. The summed E-state index contributed by atoms with van der Waals surface area (Å²) >= 11 is 1.41. The Bertz CT molecular complexity index is 315. The quantitative estimate of drug-likeness (QED) is 0.427. The summed E-state index contributed by atoms with van der Waals surface area (Å²) in [5.74, 6) is 0.239. The molecule has 0 unspecified atom stereocenters. The van der Waals surface area contributed by atoms with Crippen LogP contribution in [0.15, 0.2) is 23.1 Å². The first-order valence-corrected chi connectivity index (χ1v) is 5.13. The average Bonchev–Trinajstić information content (AvgIpc) is 2.18. The lowest BCUT2D eigenvalue weighted by molar-refractivity contribution is 0.111. The van der Waals surface area contributed by atoms with Gasteiger partial charge in [0.1, 0.15) is 5.82 Å². The van der Waals surface area contributed by atoms with Crippen LogP contribution in [0, 0.1) is 5.82 Å². The first-order valence-electron chi connectivity index (χ1n) is 4.15. The molecule has 0 radical (unpaired) electrons.